The summed E-state index contributed by atoms with van der Waals surface area (Å²) in [6.07, 6.45) is -4.39. The second-order valence-electron chi connectivity index (χ2n) is 9.82. The average Bonchev–Trinajstić information content (AvgIpc) is 3.34. The van der Waals surface area contributed by atoms with E-state index in [4.69, 9.17) is 4.42 Å². The van der Waals surface area contributed by atoms with Crippen LogP contribution in [0.4, 0.5) is 30.6 Å². The van der Waals surface area contributed by atoms with Crippen molar-refractivity contribution in [3.8, 4) is 11.6 Å². The first-order valence-corrected chi connectivity index (χ1v) is 12.5. The number of amides is 1. The zero-order valence-electron chi connectivity index (χ0n) is 21.9. The molecule has 1 aliphatic rings. The van der Waals surface area contributed by atoms with Gasteiger partial charge < -0.3 is 20.4 Å². The minimum atomic E-state index is -4.58. The van der Waals surface area contributed by atoms with Crippen molar-refractivity contribution in [2.45, 2.75) is 45.1 Å². The van der Waals surface area contributed by atoms with Gasteiger partial charge >= 0.3 is 12.2 Å². The number of aliphatic imine (C=N–C) groups is 1. The number of carbonyl (C=O) groups excluding carboxylic acids is 1. The predicted octanol–water partition coefficient (Wildman–Crippen LogP) is 5.98. The third-order valence-electron chi connectivity index (χ3n) is 6.45. The molecule has 0 radical (unpaired) electrons. The molecule has 0 saturated carbocycles. The van der Waals surface area contributed by atoms with Crippen molar-refractivity contribution >= 4 is 29.0 Å². The van der Waals surface area contributed by atoms with Gasteiger partial charge in [0.2, 0.25) is 6.17 Å². The molecule has 9 nitrogen and oxygen atoms in total. The maximum atomic E-state index is 13.4. The summed E-state index contributed by atoms with van der Waals surface area (Å²) in [5.74, 6) is -0.590. The standard InChI is InChI=1S/C28H26F3N7O2/c1-4-27(2,3)36-20-14-17(28(29,30)31)15-32-22(20)25-37-38-26(40-25)35-23-24(39)33-19-13-9-8-12-18(19)21(34-23)16-10-6-5-7-11-16/h5-15,23,36H,4H2,1-3H3,(H,33,39)(H,35,38)/t23-/m1/s1. The van der Waals surface area contributed by atoms with Crippen molar-refractivity contribution in [3.63, 3.8) is 0 Å². The molecule has 1 atom stereocenters. The van der Waals surface area contributed by atoms with Crippen LogP contribution < -0.4 is 16.0 Å². The Balaban J connectivity index is 1.49. The molecule has 0 bridgehead atoms. The highest BCUT2D eigenvalue weighted by Crippen LogP contribution is 2.36. The van der Waals surface area contributed by atoms with Gasteiger partial charge in [-0.3, -0.25) is 4.79 Å². The van der Waals surface area contributed by atoms with Gasteiger partial charge in [-0.2, -0.15) is 13.2 Å². The molecule has 3 N–H and O–H groups in total. The van der Waals surface area contributed by atoms with Crippen molar-refractivity contribution in [2.75, 3.05) is 16.0 Å². The number of nitrogens with one attached hydrogen (secondary N) is 3. The molecule has 3 heterocycles. The number of benzodiazepines with no additional fused rings is 1. The van der Waals surface area contributed by atoms with Gasteiger partial charge in [0.1, 0.15) is 0 Å². The summed E-state index contributed by atoms with van der Waals surface area (Å²) in [7, 11) is 0. The average molecular weight is 550 g/mol. The van der Waals surface area contributed by atoms with Crippen molar-refractivity contribution < 1.29 is 22.4 Å². The Bertz CT molecular complexity index is 1570. The summed E-state index contributed by atoms with van der Waals surface area (Å²) in [6.45, 7) is 5.61. The first-order chi connectivity index (χ1) is 19.0. The van der Waals surface area contributed by atoms with E-state index in [1.54, 1.807) is 6.07 Å². The zero-order valence-corrected chi connectivity index (χ0v) is 21.9. The number of anilines is 3. The van der Waals surface area contributed by atoms with Gasteiger partial charge in [-0.05, 0) is 32.4 Å². The number of fused-ring (bicyclic) bond motifs is 1. The molecule has 5 rings (SSSR count). The van der Waals surface area contributed by atoms with Crippen LogP contribution in [0.5, 0.6) is 0 Å². The first kappa shape index (κ1) is 26.9. The molecule has 206 valence electrons. The SMILES string of the molecule is CCC(C)(C)Nc1cc(C(F)(F)F)cnc1-c1nnc(N[C@H]2N=C(c3ccccc3)c3ccccc3NC2=O)o1. The Morgan fingerprint density at radius 1 is 1.02 bits per heavy atom. The molecule has 12 heteroatoms. The van der Waals surface area contributed by atoms with E-state index in [1.807, 2.05) is 69.3 Å². The van der Waals surface area contributed by atoms with E-state index in [-0.39, 0.29) is 23.3 Å². The maximum absolute atomic E-state index is 13.4. The summed E-state index contributed by atoms with van der Waals surface area (Å²) in [5.41, 5.74) is 1.37. The van der Waals surface area contributed by atoms with Gasteiger partial charge in [-0.1, -0.05) is 60.6 Å². The van der Waals surface area contributed by atoms with Gasteiger partial charge in [0, 0.05) is 22.9 Å². The number of hydrogen-bond acceptors (Lipinski definition) is 8. The van der Waals surface area contributed by atoms with Crippen molar-refractivity contribution in [1.29, 1.82) is 0 Å². The van der Waals surface area contributed by atoms with Crippen LogP contribution in [0.25, 0.3) is 11.6 Å². The fourth-order valence-corrected chi connectivity index (χ4v) is 4.01. The van der Waals surface area contributed by atoms with E-state index in [1.165, 1.54) is 0 Å². The van der Waals surface area contributed by atoms with E-state index < -0.39 is 29.4 Å². The molecule has 2 aromatic heterocycles. The van der Waals surface area contributed by atoms with Crippen LogP contribution in [0.1, 0.15) is 43.9 Å². The summed E-state index contributed by atoms with van der Waals surface area (Å²) >= 11 is 0. The molecule has 0 fully saturated rings. The lowest BCUT2D eigenvalue weighted by Crippen LogP contribution is -2.32. The number of carbonyl (C=O) groups is 1. The van der Waals surface area contributed by atoms with Crippen LogP contribution >= 0.6 is 0 Å². The third kappa shape index (κ3) is 5.65. The molecule has 1 amide bonds. The van der Waals surface area contributed by atoms with Gasteiger partial charge in [0.25, 0.3) is 11.8 Å². The fourth-order valence-electron chi connectivity index (χ4n) is 4.01. The minimum Gasteiger partial charge on any atom is -0.402 e. The lowest BCUT2D eigenvalue weighted by molar-refractivity contribution is -0.137. The maximum Gasteiger partial charge on any atom is 0.417 e. The molecule has 0 spiro atoms. The lowest BCUT2D eigenvalue weighted by Gasteiger charge is -2.27. The first-order valence-electron chi connectivity index (χ1n) is 12.5. The van der Waals surface area contributed by atoms with E-state index in [0.717, 1.165) is 17.2 Å². The van der Waals surface area contributed by atoms with Crippen LogP contribution in [-0.2, 0) is 11.0 Å². The highest BCUT2D eigenvalue weighted by Gasteiger charge is 2.33. The van der Waals surface area contributed by atoms with Gasteiger partial charge in [-0.25, -0.2) is 9.98 Å². The molecule has 0 aliphatic carbocycles. The smallest absolute Gasteiger partial charge is 0.402 e. The summed E-state index contributed by atoms with van der Waals surface area (Å²) in [5, 5.41) is 16.7. The van der Waals surface area contributed by atoms with Crippen molar-refractivity contribution in [2.24, 2.45) is 4.99 Å². The van der Waals surface area contributed by atoms with Crippen LogP contribution in [-0.4, -0.2) is 38.5 Å². The number of benzene rings is 2. The second-order valence-corrected chi connectivity index (χ2v) is 9.82. The fraction of sp³-hybridized carbons (Fsp3) is 0.250. The number of aromatic nitrogens is 3. The van der Waals surface area contributed by atoms with Gasteiger partial charge in [-0.15, -0.1) is 5.10 Å². The van der Waals surface area contributed by atoms with Crippen LogP contribution in [0.15, 0.2) is 76.3 Å². The third-order valence-corrected chi connectivity index (χ3v) is 6.45. The molecule has 2 aromatic carbocycles. The number of rotatable bonds is 7. The Morgan fingerprint density at radius 2 is 1.75 bits per heavy atom. The topological polar surface area (TPSA) is 117 Å². The van der Waals surface area contributed by atoms with Crippen LogP contribution in [0.2, 0.25) is 0 Å². The van der Waals surface area contributed by atoms with Crippen LogP contribution in [0, 0.1) is 0 Å². The van der Waals surface area contributed by atoms with Gasteiger partial charge in [0.15, 0.2) is 5.69 Å². The molecular weight excluding hydrogens is 523 g/mol. The second kappa shape index (κ2) is 10.4. The quantitative estimate of drug-likeness (QED) is 0.260. The number of halogens is 3. The van der Waals surface area contributed by atoms with Crippen molar-refractivity contribution in [1.82, 2.24) is 15.2 Å². The van der Waals surface area contributed by atoms with Gasteiger partial charge in [0.05, 0.1) is 22.6 Å². The van der Waals surface area contributed by atoms with E-state index >= 15 is 0 Å². The lowest BCUT2D eigenvalue weighted by atomic mass is 10.0. The molecule has 0 saturated heterocycles. The molecular formula is C28H26F3N7O2. The summed E-state index contributed by atoms with van der Waals surface area (Å²) in [4.78, 5) is 21.8. The largest absolute Gasteiger partial charge is 0.417 e. The van der Waals surface area contributed by atoms with E-state index in [9.17, 15) is 18.0 Å². The number of pyridine rings is 1. The number of para-hydroxylation sites is 1. The normalized spacial score (nSPS) is 15.5. The van der Waals surface area contributed by atoms with E-state index in [0.29, 0.717) is 24.0 Å². The Morgan fingerprint density at radius 3 is 2.48 bits per heavy atom. The molecule has 1 aliphatic heterocycles. The molecule has 0 unspecified atom stereocenters. The highest BCUT2D eigenvalue weighted by atomic mass is 19.4. The summed E-state index contributed by atoms with van der Waals surface area (Å²) in [6, 6.07) is 17.5. The number of alkyl halides is 3. The highest BCUT2D eigenvalue weighted by molar-refractivity contribution is 6.19. The molecule has 40 heavy (non-hydrogen) atoms. The number of hydrogen-bond donors (Lipinski definition) is 3. The Labute approximate surface area is 228 Å². The van der Waals surface area contributed by atoms with Crippen LogP contribution in [0.3, 0.4) is 0 Å². The minimum absolute atomic E-state index is 0.0428. The summed E-state index contributed by atoms with van der Waals surface area (Å²) < 4.78 is 46.0. The van der Waals surface area contributed by atoms with E-state index in [2.05, 4.69) is 36.1 Å². The Hall–Kier alpha value is -4.74. The van der Waals surface area contributed by atoms with Crippen molar-refractivity contribution in [3.05, 3.63) is 83.6 Å². The zero-order chi connectivity index (χ0) is 28.5. The Kier molecular flexibility index (Phi) is 7.01. The number of nitrogens with zero attached hydrogens (tertiary/aromatic N) is 4. The predicted molar refractivity (Wildman–Crippen MR) is 145 cm³/mol. The molecule has 4 aromatic rings. The monoisotopic (exact) mass is 549 g/mol.